The van der Waals surface area contributed by atoms with Crippen LogP contribution in [0, 0.1) is 5.82 Å². The summed E-state index contributed by atoms with van der Waals surface area (Å²) < 4.78 is 18.5. The van der Waals surface area contributed by atoms with Gasteiger partial charge in [0, 0.05) is 4.47 Å². The van der Waals surface area contributed by atoms with Crippen LogP contribution < -0.4 is 5.43 Å². The smallest absolute Gasteiger partial charge is 0.348 e. The second kappa shape index (κ2) is 8.11. The molecule has 22 heavy (non-hydrogen) atoms. The molecule has 0 aliphatic rings. The quantitative estimate of drug-likeness (QED) is 0.333. The number of ether oxygens (including phenoxy) is 1. The number of benzene rings is 1. The maximum absolute atomic E-state index is 13.7. The summed E-state index contributed by atoms with van der Waals surface area (Å²) >= 11 is 14.0. The Morgan fingerprint density at radius 1 is 1.45 bits per heavy atom. The summed E-state index contributed by atoms with van der Waals surface area (Å²) in [6.07, 6.45) is 0.886. The number of aliphatic carboxylic acids is 1. The Bertz CT molecular complexity index is 679. The first-order valence-corrected chi connectivity index (χ1v) is 6.97. The molecule has 10 heteroatoms. The number of carboxylic acids is 1. The van der Waals surface area contributed by atoms with Crippen molar-refractivity contribution in [3.63, 3.8) is 0 Å². The van der Waals surface area contributed by atoms with Crippen molar-refractivity contribution >= 4 is 63.0 Å². The van der Waals surface area contributed by atoms with Crippen molar-refractivity contribution in [1.82, 2.24) is 0 Å². The van der Waals surface area contributed by atoms with E-state index < -0.39 is 22.8 Å². The van der Waals surface area contributed by atoms with E-state index in [4.69, 9.17) is 28.3 Å². The van der Waals surface area contributed by atoms with Crippen LogP contribution in [0.1, 0.15) is 10.4 Å². The first-order valence-electron chi connectivity index (χ1n) is 5.43. The third-order valence-corrected chi connectivity index (χ3v) is 3.63. The number of carbonyl (C=O) groups excluding carboxylic acids is 1. The van der Waals surface area contributed by atoms with Gasteiger partial charge in [-0.2, -0.15) is 5.10 Å². The molecule has 0 radical (unpaired) electrons. The molecule has 0 aliphatic heterocycles. The largest absolute Gasteiger partial charge is 0.477 e. The van der Waals surface area contributed by atoms with Gasteiger partial charge in [-0.1, -0.05) is 23.2 Å². The molecule has 1 aromatic rings. The highest BCUT2D eigenvalue weighted by molar-refractivity contribution is 9.10. The average molecular weight is 414 g/mol. The zero-order chi connectivity index (χ0) is 16.9. The van der Waals surface area contributed by atoms with Gasteiger partial charge in [0.05, 0.1) is 29.6 Å². The molecule has 0 aliphatic carbocycles. The van der Waals surface area contributed by atoms with Crippen molar-refractivity contribution in [2.45, 2.75) is 0 Å². The number of hydrogen-bond donors (Lipinski definition) is 2. The topological polar surface area (TPSA) is 88.0 Å². The number of rotatable bonds is 5. The highest BCUT2D eigenvalue weighted by Crippen LogP contribution is 2.25. The fourth-order valence-corrected chi connectivity index (χ4v) is 1.87. The fraction of sp³-hybridized carbons (Fsp3) is 0.0833. The van der Waals surface area contributed by atoms with Crippen molar-refractivity contribution in [1.29, 1.82) is 0 Å². The van der Waals surface area contributed by atoms with Crippen LogP contribution in [0.4, 0.5) is 10.1 Å². The minimum Gasteiger partial charge on any atom is -0.477 e. The molecule has 0 heterocycles. The third-order valence-electron chi connectivity index (χ3n) is 2.22. The molecule has 0 unspecified atom stereocenters. The molecule has 0 amide bonds. The number of carboxylic acid groups (broad SMARTS) is 1. The van der Waals surface area contributed by atoms with E-state index in [-0.39, 0.29) is 20.8 Å². The Kier molecular flexibility index (Phi) is 6.79. The summed E-state index contributed by atoms with van der Waals surface area (Å²) in [7, 11) is 1.18. The van der Waals surface area contributed by atoms with Crippen molar-refractivity contribution < 1.29 is 23.8 Å². The SMILES string of the molecule is COC(=O)c1cc(NN=CC(Cl)=C(Cl)C(=O)O)c(F)cc1Br. The van der Waals surface area contributed by atoms with Crippen LogP contribution in [0.3, 0.4) is 0 Å². The van der Waals surface area contributed by atoms with Gasteiger partial charge in [0.1, 0.15) is 10.8 Å². The molecule has 0 atom stereocenters. The molecule has 1 rings (SSSR count). The lowest BCUT2D eigenvalue weighted by molar-refractivity contribution is -0.131. The number of nitrogens with one attached hydrogen (secondary N) is 1. The molecule has 0 saturated carbocycles. The van der Waals surface area contributed by atoms with E-state index in [0.717, 1.165) is 12.3 Å². The minimum absolute atomic E-state index is 0.0757. The van der Waals surface area contributed by atoms with Crippen LogP contribution in [-0.4, -0.2) is 30.4 Å². The lowest BCUT2D eigenvalue weighted by atomic mass is 10.2. The van der Waals surface area contributed by atoms with Gasteiger partial charge in [0.25, 0.3) is 0 Å². The Labute approximate surface area is 142 Å². The number of esters is 1. The summed E-state index contributed by atoms with van der Waals surface area (Å²) in [5.74, 6) is -2.81. The number of methoxy groups -OCH3 is 1. The summed E-state index contributed by atoms with van der Waals surface area (Å²) in [5.41, 5.74) is 2.21. The number of anilines is 1. The van der Waals surface area contributed by atoms with E-state index in [1.54, 1.807) is 0 Å². The summed E-state index contributed by atoms with van der Waals surface area (Å²) in [4.78, 5) is 22.0. The highest BCUT2D eigenvalue weighted by atomic mass is 79.9. The van der Waals surface area contributed by atoms with Gasteiger partial charge >= 0.3 is 11.9 Å². The van der Waals surface area contributed by atoms with E-state index >= 15 is 0 Å². The van der Waals surface area contributed by atoms with Gasteiger partial charge in [-0.3, -0.25) is 5.43 Å². The molecule has 0 saturated heterocycles. The number of hydrogen-bond acceptors (Lipinski definition) is 5. The Morgan fingerprint density at radius 3 is 2.64 bits per heavy atom. The van der Waals surface area contributed by atoms with Crippen LogP contribution in [0.2, 0.25) is 0 Å². The second-order valence-electron chi connectivity index (χ2n) is 3.64. The van der Waals surface area contributed by atoms with Crippen molar-refractivity contribution in [2.24, 2.45) is 5.10 Å². The molecule has 0 spiro atoms. The van der Waals surface area contributed by atoms with E-state index in [9.17, 15) is 14.0 Å². The van der Waals surface area contributed by atoms with Gasteiger partial charge < -0.3 is 9.84 Å². The van der Waals surface area contributed by atoms with E-state index in [1.807, 2.05) is 0 Å². The summed E-state index contributed by atoms with van der Waals surface area (Å²) in [6.45, 7) is 0. The fourth-order valence-electron chi connectivity index (χ4n) is 1.22. The number of hydrazone groups is 1. The molecular formula is C12H8BrCl2FN2O4. The van der Waals surface area contributed by atoms with Crippen LogP contribution >= 0.6 is 39.1 Å². The van der Waals surface area contributed by atoms with Gasteiger partial charge in [-0.25, -0.2) is 14.0 Å². The monoisotopic (exact) mass is 412 g/mol. The van der Waals surface area contributed by atoms with Crippen molar-refractivity contribution in [3.05, 3.63) is 38.1 Å². The second-order valence-corrected chi connectivity index (χ2v) is 5.28. The molecular weight excluding hydrogens is 406 g/mol. The van der Waals surface area contributed by atoms with Gasteiger partial charge in [0.2, 0.25) is 0 Å². The number of nitrogens with zero attached hydrogens (tertiary/aromatic N) is 1. The molecule has 6 nitrogen and oxygen atoms in total. The molecule has 1 aromatic carbocycles. The first-order chi connectivity index (χ1) is 10.3. The lowest BCUT2D eigenvalue weighted by Gasteiger charge is -2.07. The molecule has 118 valence electrons. The van der Waals surface area contributed by atoms with E-state index in [1.165, 1.54) is 13.2 Å². The predicted octanol–water partition coefficient (Wildman–Crippen LogP) is 3.55. The number of allylic oxidation sites excluding steroid dienone is 1. The van der Waals surface area contributed by atoms with Crippen molar-refractivity contribution in [3.8, 4) is 0 Å². The molecule has 0 aromatic heterocycles. The normalized spacial score (nSPS) is 12.0. The highest BCUT2D eigenvalue weighted by Gasteiger charge is 2.15. The van der Waals surface area contributed by atoms with E-state index in [2.05, 4.69) is 31.2 Å². The van der Waals surface area contributed by atoms with Crippen LogP contribution in [0.5, 0.6) is 0 Å². The van der Waals surface area contributed by atoms with Gasteiger partial charge in [-0.05, 0) is 28.1 Å². The Balaban J connectivity index is 3.02. The summed E-state index contributed by atoms with van der Waals surface area (Å²) in [6, 6.07) is 2.21. The van der Waals surface area contributed by atoms with Crippen LogP contribution in [0.25, 0.3) is 0 Å². The molecule has 2 N–H and O–H groups in total. The third kappa shape index (κ3) is 4.69. The minimum atomic E-state index is -1.43. The van der Waals surface area contributed by atoms with Crippen LogP contribution in [-0.2, 0) is 9.53 Å². The maximum atomic E-state index is 13.7. The zero-order valence-corrected chi connectivity index (χ0v) is 14.0. The molecule has 0 bridgehead atoms. The van der Waals surface area contributed by atoms with Gasteiger partial charge in [0.15, 0.2) is 0 Å². The zero-order valence-electron chi connectivity index (χ0n) is 10.9. The average Bonchev–Trinajstić information content (AvgIpc) is 2.47. The Hall–Kier alpha value is -1.64. The van der Waals surface area contributed by atoms with Gasteiger partial charge in [-0.15, -0.1) is 0 Å². The Morgan fingerprint density at radius 2 is 2.09 bits per heavy atom. The first kappa shape index (κ1) is 18.4. The van der Waals surface area contributed by atoms with E-state index in [0.29, 0.717) is 0 Å². The maximum Gasteiger partial charge on any atom is 0.348 e. The predicted molar refractivity (Wildman–Crippen MR) is 83.9 cm³/mol. The number of carbonyl (C=O) groups is 2. The standard InChI is InChI=1S/C12H8BrCl2FN2O4/c1-22-12(21)5-2-9(8(16)3-6(5)13)18-17-4-7(14)10(15)11(19)20/h2-4,18H,1H3,(H,19,20). The summed E-state index contributed by atoms with van der Waals surface area (Å²) in [5, 5.41) is 11.1. The van der Waals surface area contributed by atoms with Crippen LogP contribution in [0.15, 0.2) is 31.8 Å². The molecule has 0 fully saturated rings. The number of halogens is 4. The van der Waals surface area contributed by atoms with Crippen molar-refractivity contribution in [2.75, 3.05) is 12.5 Å². The lowest BCUT2D eigenvalue weighted by Crippen LogP contribution is -2.05.